The fourth-order valence-corrected chi connectivity index (χ4v) is 2.79. The highest BCUT2D eigenvalue weighted by molar-refractivity contribution is 7.99. The topological polar surface area (TPSA) is 26.3 Å². The minimum atomic E-state index is 0.0168. The number of para-hydroxylation sites is 1. The average Bonchev–Trinajstić information content (AvgIpc) is 2.44. The number of Topliss-reactive ketones (excluding diaryl/α,β-unsaturated/α-hetero) is 1. The van der Waals surface area contributed by atoms with Gasteiger partial charge in [-0.15, -0.1) is 11.8 Å². The Labute approximate surface area is 128 Å². The Kier molecular flexibility index (Phi) is 5.50. The van der Waals surface area contributed by atoms with Crippen LogP contribution in [0.5, 0.6) is 5.75 Å². The fourth-order valence-electron chi connectivity index (χ4n) is 1.75. The van der Waals surface area contributed by atoms with Crippen LogP contribution in [-0.4, -0.2) is 18.1 Å². The third kappa shape index (κ3) is 4.29. The zero-order valence-electron chi connectivity index (χ0n) is 11.1. The van der Waals surface area contributed by atoms with E-state index in [2.05, 4.69) is 0 Å². The molecule has 0 amide bonds. The summed E-state index contributed by atoms with van der Waals surface area (Å²) in [5.74, 6) is 1.46. The largest absolute Gasteiger partial charge is 0.492 e. The molecular weight excluding hydrogens is 292 g/mol. The van der Waals surface area contributed by atoms with Crippen molar-refractivity contribution < 1.29 is 9.53 Å². The average molecular weight is 307 g/mol. The summed E-state index contributed by atoms with van der Waals surface area (Å²) in [6.07, 6.45) is 0. The van der Waals surface area contributed by atoms with Gasteiger partial charge in [0.15, 0.2) is 5.78 Å². The van der Waals surface area contributed by atoms with Crippen molar-refractivity contribution in [3.8, 4) is 5.75 Å². The third-order valence-electron chi connectivity index (χ3n) is 2.67. The summed E-state index contributed by atoms with van der Waals surface area (Å²) in [7, 11) is 0. The van der Waals surface area contributed by atoms with Crippen molar-refractivity contribution in [3.05, 3.63) is 59.1 Å². The zero-order valence-corrected chi connectivity index (χ0v) is 12.7. The molecule has 0 heterocycles. The highest BCUT2D eigenvalue weighted by Crippen LogP contribution is 2.22. The SMILES string of the molecule is CC(=O)c1ccccc1OCCSc1cccc(Cl)c1. The van der Waals surface area contributed by atoms with E-state index in [4.69, 9.17) is 16.3 Å². The predicted molar refractivity (Wildman–Crippen MR) is 84.1 cm³/mol. The first kappa shape index (κ1) is 14.9. The molecule has 0 spiro atoms. The van der Waals surface area contributed by atoms with E-state index in [1.165, 1.54) is 0 Å². The first-order chi connectivity index (χ1) is 9.66. The van der Waals surface area contributed by atoms with Crippen LogP contribution in [0.4, 0.5) is 0 Å². The van der Waals surface area contributed by atoms with Gasteiger partial charge in [0, 0.05) is 15.7 Å². The van der Waals surface area contributed by atoms with Gasteiger partial charge in [0.1, 0.15) is 5.75 Å². The van der Waals surface area contributed by atoms with Crippen LogP contribution in [0, 0.1) is 0 Å². The van der Waals surface area contributed by atoms with Gasteiger partial charge in [-0.2, -0.15) is 0 Å². The molecule has 0 N–H and O–H groups in total. The monoisotopic (exact) mass is 306 g/mol. The summed E-state index contributed by atoms with van der Waals surface area (Å²) in [5.41, 5.74) is 0.625. The van der Waals surface area contributed by atoms with E-state index < -0.39 is 0 Å². The molecule has 0 bridgehead atoms. The van der Waals surface area contributed by atoms with Crippen LogP contribution < -0.4 is 4.74 Å². The Morgan fingerprint density at radius 1 is 1.20 bits per heavy atom. The summed E-state index contributed by atoms with van der Waals surface area (Å²) >= 11 is 7.60. The lowest BCUT2D eigenvalue weighted by Gasteiger charge is -2.09. The maximum Gasteiger partial charge on any atom is 0.163 e. The number of carbonyl (C=O) groups excluding carboxylic acids is 1. The van der Waals surface area contributed by atoms with Crippen LogP contribution in [0.25, 0.3) is 0 Å². The van der Waals surface area contributed by atoms with Gasteiger partial charge in [-0.05, 0) is 37.3 Å². The molecule has 0 aliphatic heterocycles. The minimum absolute atomic E-state index is 0.0168. The van der Waals surface area contributed by atoms with Crippen LogP contribution in [0.2, 0.25) is 5.02 Å². The number of thioether (sulfide) groups is 1. The van der Waals surface area contributed by atoms with Crippen molar-refractivity contribution in [2.75, 3.05) is 12.4 Å². The van der Waals surface area contributed by atoms with Crippen molar-refractivity contribution in [3.63, 3.8) is 0 Å². The zero-order chi connectivity index (χ0) is 14.4. The molecule has 2 aromatic carbocycles. The van der Waals surface area contributed by atoms with Crippen LogP contribution in [-0.2, 0) is 0 Å². The first-order valence-electron chi connectivity index (χ1n) is 6.28. The Morgan fingerprint density at radius 2 is 2.00 bits per heavy atom. The highest BCUT2D eigenvalue weighted by Gasteiger charge is 2.06. The molecule has 20 heavy (non-hydrogen) atoms. The van der Waals surface area contributed by atoms with Crippen LogP contribution in [0.3, 0.4) is 0 Å². The second-order valence-corrected chi connectivity index (χ2v) is 5.81. The van der Waals surface area contributed by atoms with Gasteiger partial charge in [-0.1, -0.05) is 29.8 Å². The fraction of sp³-hybridized carbons (Fsp3) is 0.188. The van der Waals surface area contributed by atoms with Crippen LogP contribution in [0.1, 0.15) is 17.3 Å². The quantitative estimate of drug-likeness (QED) is 0.439. The molecular formula is C16H15ClO2S. The molecule has 0 fully saturated rings. The second kappa shape index (κ2) is 7.36. The molecule has 0 atom stereocenters. The number of hydrogen-bond donors (Lipinski definition) is 0. The van der Waals surface area contributed by atoms with Crippen molar-refractivity contribution in [2.45, 2.75) is 11.8 Å². The Hall–Kier alpha value is -1.45. The highest BCUT2D eigenvalue weighted by atomic mass is 35.5. The molecule has 0 saturated carbocycles. The Bertz CT molecular complexity index is 599. The number of ether oxygens (including phenoxy) is 1. The minimum Gasteiger partial charge on any atom is -0.492 e. The maximum atomic E-state index is 11.5. The van der Waals surface area contributed by atoms with Crippen molar-refractivity contribution in [2.24, 2.45) is 0 Å². The number of hydrogen-bond acceptors (Lipinski definition) is 3. The third-order valence-corrected chi connectivity index (χ3v) is 3.87. The van der Waals surface area contributed by atoms with E-state index in [-0.39, 0.29) is 5.78 Å². The van der Waals surface area contributed by atoms with Gasteiger partial charge in [-0.3, -0.25) is 4.79 Å². The van der Waals surface area contributed by atoms with E-state index in [1.54, 1.807) is 24.8 Å². The van der Waals surface area contributed by atoms with E-state index in [9.17, 15) is 4.79 Å². The number of halogens is 1. The molecule has 2 nitrogen and oxygen atoms in total. The van der Waals surface area contributed by atoms with E-state index in [1.807, 2.05) is 42.5 Å². The van der Waals surface area contributed by atoms with E-state index in [0.29, 0.717) is 17.9 Å². The first-order valence-corrected chi connectivity index (χ1v) is 7.64. The molecule has 0 aliphatic carbocycles. The molecule has 2 aromatic rings. The lowest BCUT2D eigenvalue weighted by molar-refractivity contribution is 0.101. The van der Waals surface area contributed by atoms with Gasteiger partial charge < -0.3 is 4.74 Å². The summed E-state index contributed by atoms with van der Waals surface area (Å²) in [5, 5.41) is 0.734. The predicted octanol–water partition coefficient (Wildman–Crippen LogP) is 4.71. The molecule has 0 unspecified atom stereocenters. The normalized spacial score (nSPS) is 10.3. The molecule has 0 aromatic heterocycles. The lowest BCUT2D eigenvalue weighted by atomic mass is 10.1. The van der Waals surface area contributed by atoms with Gasteiger partial charge in [0.05, 0.1) is 12.2 Å². The number of carbonyl (C=O) groups is 1. The molecule has 0 radical (unpaired) electrons. The van der Waals surface area contributed by atoms with Crippen LogP contribution >= 0.6 is 23.4 Å². The lowest BCUT2D eigenvalue weighted by Crippen LogP contribution is -2.04. The molecule has 2 rings (SSSR count). The van der Waals surface area contributed by atoms with Gasteiger partial charge in [0.25, 0.3) is 0 Å². The molecule has 4 heteroatoms. The summed E-state index contributed by atoms with van der Waals surface area (Å²) in [6, 6.07) is 15.0. The number of rotatable bonds is 6. The number of ketones is 1. The van der Waals surface area contributed by atoms with E-state index in [0.717, 1.165) is 15.7 Å². The van der Waals surface area contributed by atoms with Crippen molar-refractivity contribution >= 4 is 29.1 Å². The van der Waals surface area contributed by atoms with Gasteiger partial charge in [0.2, 0.25) is 0 Å². The van der Waals surface area contributed by atoms with Crippen molar-refractivity contribution in [1.29, 1.82) is 0 Å². The molecule has 0 saturated heterocycles. The standard InChI is InChI=1S/C16H15ClO2S/c1-12(18)15-7-2-3-8-16(15)19-9-10-20-14-6-4-5-13(17)11-14/h2-8,11H,9-10H2,1H3. The molecule has 104 valence electrons. The van der Waals surface area contributed by atoms with Crippen LogP contribution in [0.15, 0.2) is 53.4 Å². The summed E-state index contributed by atoms with van der Waals surface area (Å²) in [6.45, 7) is 2.09. The summed E-state index contributed by atoms with van der Waals surface area (Å²) < 4.78 is 5.68. The second-order valence-electron chi connectivity index (χ2n) is 4.21. The summed E-state index contributed by atoms with van der Waals surface area (Å²) in [4.78, 5) is 12.6. The number of benzene rings is 2. The Balaban J connectivity index is 1.86. The van der Waals surface area contributed by atoms with Crippen molar-refractivity contribution in [1.82, 2.24) is 0 Å². The van der Waals surface area contributed by atoms with Gasteiger partial charge >= 0.3 is 0 Å². The Morgan fingerprint density at radius 3 is 2.75 bits per heavy atom. The van der Waals surface area contributed by atoms with Gasteiger partial charge in [-0.25, -0.2) is 0 Å². The molecule has 0 aliphatic rings. The van der Waals surface area contributed by atoms with E-state index >= 15 is 0 Å². The maximum absolute atomic E-state index is 11.5. The smallest absolute Gasteiger partial charge is 0.163 e.